The molecule has 1 N–H and O–H groups in total. The highest BCUT2D eigenvalue weighted by atomic mass is 32.2. The average Bonchev–Trinajstić information content (AvgIpc) is 2.65. The molecule has 0 aliphatic heterocycles. The van der Waals surface area contributed by atoms with E-state index in [4.69, 9.17) is 0 Å². The van der Waals surface area contributed by atoms with Crippen molar-refractivity contribution in [3.8, 4) is 0 Å². The van der Waals surface area contributed by atoms with Crippen molar-refractivity contribution in [3.05, 3.63) is 65.7 Å². The van der Waals surface area contributed by atoms with Crippen molar-refractivity contribution in [1.82, 2.24) is 5.32 Å². The Hall–Kier alpha value is -2.34. The van der Waals surface area contributed by atoms with Gasteiger partial charge in [-0.3, -0.25) is 9.10 Å². The molecule has 2 aromatic carbocycles. The van der Waals surface area contributed by atoms with E-state index in [1.807, 2.05) is 49.4 Å². The van der Waals surface area contributed by atoms with Crippen LogP contribution in [0.4, 0.5) is 5.69 Å². The first kappa shape index (κ1) is 22.0. The number of carbonyl (C=O) groups is 1. The number of hydrogen-bond acceptors (Lipinski definition) is 3. The van der Waals surface area contributed by atoms with Crippen molar-refractivity contribution >= 4 is 21.6 Å². The smallest absolute Gasteiger partial charge is 0.241 e. The number of anilines is 1. The molecular weight excluding hydrogens is 372 g/mol. The van der Waals surface area contributed by atoms with Gasteiger partial charge in [0.1, 0.15) is 6.54 Å². The van der Waals surface area contributed by atoms with E-state index in [1.54, 1.807) is 12.1 Å². The summed E-state index contributed by atoms with van der Waals surface area (Å²) < 4.78 is 26.0. The van der Waals surface area contributed by atoms with E-state index in [0.29, 0.717) is 18.0 Å². The van der Waals surface area contributed by atoms with Crippen molar-refractivity contribution in [2.24, 2.45) is 5.92 Å². The maximum Gasteiger partial charge on any atom is 0.241 e. The maximum atomic E-state index is 12.8. The summed E-state index contributed by atoms with van der Waals surface area (Å²) in [7, 11) is -3.60. The van der Waals surface area contributed by atoms with Crippen molar-refractivity contribution < 1.29 is 13.2 Å². The van der Waals surface area contributed by atoms with Gasteiger partial charge in [0.15, 0.2) is 0 Å². The number of sulfonamides is 1. The Morgan fingerprint density at radius 3 is 2.21 bits per heavy atom. The summed E-state index contributed by atoms with van der Waals surface area (Å²) in [5.41, 5.74) is 2.47. The Balaban J connectivity index is 2.25. The van der Waals surface area contributed by atoms with E-state index in [9.17, 15) is 13.2 Å². The van der Waals surface area contributed by atoms with Gasteiger partial charge in [0, 0.05) is 0 Å². The largest absolute Gasteiger partial charge is 0.348 e. The van der Waals surface area contributed by atoms with Crippen LogP contribution < -0.4 is 9.62 Å². The van der Waals surface area contributed by atoms with Gasteiger partial charge < -0.3 is 5.32 Å². The zero-order valence-electron chi connectivity index (χ0n) is 17.1. The van der Waals surface area contributed by atoms with Gasteiger partial charge in [0.05, 0.1) is 18.0 Å². The summed E-state index contributed by atoms with van der Waals surface area (Å²) in [5, 5.41) is 3.03. The fraction of sp³-hybridized carbons (Fsp3) is 0.409. The Morgan fingerprint density at radius 2 is 1.64 bits per heavy atom. The molecule has 0 fully saturated rings. The molecule has 1 atom stereocenters. The molecule has 0 heterocycles. The number of nitrogens with one attached hydrogen (secondary N) is 1. The van der Waals surface area contributed by atoms with Gasteiger partial charge in [-0.05, 0) is 36.0 Å². The minimum Gasteiger partial charge on any atom is -0.348 e. The lowest BCUT2D eigenvalue weighted by Crippen LogP contribution is -2.42. The lowest BCUT2D eigenvalue weighted by atomic mass is 9.97. The van der Waals surface area contributed by atoms with Crippen molar-refractivity contribution in [2.75, 3.05) is 17.1 Å². The predicted octanol–water partition coefficient (Wildman–Crippen LogP) is 3.92. The number of para-hydroxylation sites is 1. The van der Waals surface area contributed by atoms with Gasteiger partial charge in [-0.2, -0.15) is 0 Å². The Labute approximate surface area is 168 Å². The van der Waals surface area contributed by atoms with Crippen LogP contribution in [-0.2, 0) is 21.2 Å². The second kappa shape index (κ2) is 9.73. The van der Waals surface area contributed by atoms with Gasteiger partial charge >= 0.3 is 0 Å². The molecule has 0 radical (unpaired) electrons. The maximum absolute atomic E-state index is 12.8. The molecule has 0 aromatic heterocycles. The number of rotatable bonds is 9. The molecule has 28 heavy (non-hydrogen) atoms. The summed E-state index contributed by atoms with van der Waals surface area (Å²) in [6, 6.07) is 16.9. The van der Waals surface area contributed by atoms with Gasteiger partial charge in [0.2, 0.25) is 15.9 Å². The lowest BCUT2D eigenvalue weighted by molar-refractivity contribution is -0.120. The average molecular weight is 403 g/mol. The third-order valence-corrected chi connectivity index (χ3v) is 5.70. The Morgan fingerprint density at radius 1 is 1.04 bits per heavy atom. The second-order valence-electron chi connectivity index (χ2n) is 7.41. The molecule has 0 spiro atoms. The molecule has 5 nitrogen and oxygen atoms in total. The first-order valence-electron chi connectivity index (χ1n) is 9.62. The van der Waals surface area contributed by atoms with Crippen LogP contribution in [0.2, 0.25) is 0 Å². The summed E-state index contributed by atoms with van der Waals surface area (Å²) in [4.78, 5) is 12.8. The Kier molecular flexibility index (Phi) is 7.63. The summed E-state index contributed by atoms with van der Waals surface area (Å²) in [6.45, 7) is 5.93. The van der Waals surface area contributed by atoms with Gasteiger partial charge in [0.25, 0.3) is 0 Å². The fourth-order valence-corrected chi connectivity index (χ4v) is 4.13. The lowest BCUT2D eigenvalue weighted by Gasteiger charge is -2.26. The minimum atomic E-state index is -3.60. The van der Waals surface area contributed by atoms with E-state index in [0.717, 1.165) is 23.8 Å². The SMILES string of the molecule is CCc1ccccc1N(CC(=O)NC(CC(C)C)c1ccccc1)S(C)(=O)=O. The first-order valence-corrected chi connectivity index (χ1v) is 11.5. The number of nitrogens with zero attached hydrogens (tertiary/aromatic N) is 1. The molecule has 0 aliphatic carbocycles. The van der Waals surface area contributed by atoms with Crippen LogP contribution in [-0.4, -0.2) is 27.1 Å². The zero-order valence-corrected chi connectivity index (χ0v) is 17.9. The highest BCUT2D eigenvalue weighted by molar-refractivity contribution is 7.92. The van der Waals surface area contributed by atoms with E-state index in [2.05, 4.69) is 19.2 Å². The Bertz CT molecular complexity index is 880. The molecule has 0 saturated heterocycles. The third-order valence-electron chi connectivity index (χ3n) is 4.57. The van der Waals surface area contributed by atoms with Gasteiger partial charge in [-0.25, -0.2) is 8.42 Å². The van der Waals surface area contributed by atoms with Crippen LogP contribution in [0.3, 0.4) is 0 Å². The quantitative estimate of drug-likeness (QED) is 0.691. The summed E-state index contributed by atoms with van der Waals surface area (Å²) >= 11 is 0. The highest BCUT2D eigenvalue weighted by Gasteiger charge is 2.24. The van der Waals surface area contributed by atoms with Crippen molar-refractivity contribution in [2.45, 2.75) is 39.7 Å². The number of amides is 1. The molecule has 1 unspecified atom stereocenters. The first-order chi connectivity index (χ1) is 13.2. The monoisotopic (exact) mass is 402 g/mol. The molecule has 0 saturated carbocycles. The predicted molar refractivity (Wildman–Crippen MR) is 115 cm³/mol. The third kappa shape index (κ3) is 6.09. The normalized spacial score (nSPS) is 12.6. The van der Waals surface area contributed by atoms with Crippen LogP contribution in [0.25, 0.3) is 0 Å². The number of benzene rings is 2. The van der Waals surface area contributed by atoms with E-state index < -0.39 is 10.0 Å². The van der Waals surface area contributed by atoms with Crippen molar-refractivity contribution in [3.63, 3.8) is 0 Å². The number of carbonyl (C=O) groups excluding carboxylic acids is 1. The molecule has 2 aromatic rings. The number of hydrogen-bond donors (Lipinski definition) is 1. The van der Waals surface area contributed by atoms with Crippen molar-refractivity contribution in [1.29, 1.82) is 0 Å². The van der Waals surface area contributed by atoms with Crippen LogP contribution in [0.15, 0.2) is 54.6 Å². The van der Waals surface area contributed by atoms with Crippen LogP contribution in [0, 0.1) is 5.92 Å². The van der Waals surface area contributed by atoms with Gasteiger partial charge in [-0.1, -0.05) is 69.3 Å². The van der Waals surface area contributed by atoms with Crippen LogP contribution in [0.1, 0.15) is 44.4 Å². The molecule has 0 bridgehead atoms. The van der Waals surface area contributed by atoms with Crippen LogP contribution in [0.5, 0.6) is 0 Å². The van der Waals surface area contributed by atoms with E-state index in [-0.39, 0.29) is 18.5 Å². The molecule has 0 aliphatic rings. The highest BCUT2D eigenvalue weighted by Crippen LogP contribution is 2.24. The molecular formula is C22H30N2O3S. The second-order valence-corrected chi connectivity index (χ2v) is 9.32. The molecule has 152 valence electrons. The van der Waals surface area contributed by atoms with Crippen LogP contribution >= 0.6 is 0 Å². The number of aryl methyl sites for hydroxylation is 1. The van der Waals surface area contributed by atoms with E-state index in [1.165, 1.54) is 4.31 Å². The fourth-order valence-electron chi connectivity index (χ4n) is 3.24. The summed E-state index contributed by atoms with van der Waals surface area (Å²) in [5.74, 6) is 0.0724. The standard InChI is InChI=1S/C22H30N2O3S/c1-5-18-11-9-10-14-21(18)24(28(4,26)27)16-22(25)23-20(15-17(2)3)19-12-7-6-8-13-19/h6-14,17,20H,5,15-16H2,1-4H3,(H,23,25). The summed E-state index contributed by atoms with van der Waals surface area (Å²) in [6.07, 6.45) is 2.60. The topological polar surface area (TPSA) is 66.5 Å². The minimum absolute atomic E-state index is 0.156. The van der Waals surface area contributed by atoms with E-state index >= 15 is 0 Å². The zero-order chi connectivity index (χ0) is 20.7. The molecule has 1 amide bonds. The molecule has 2 rings (SSSR count). The molecule has 6 heteroatoms. The van der Waals surface area contributed by atoms with Gasteiger partial charge in [-0.15, -0.1) is 0 Å².